The number of hydrogen-bond acceptors (Lipinski definition) is 9. The molecule has 0 heterocycles. The lowest BCUT2D eigenvalue weighted by Crippen LogP contribution is -2.52. The number of thioether (sulfide) groups is 1. The van der Waals surface area contributed by atoms with Crippen LogP contribution in [0.25, 0.3) is 0 Å². The van der Waals surface area contributed by atoms with E-state index in [1.165, 1.54) is 11.8 Å². The third kappa shape index (κ3) is 12.3. The molecule has 2 aromatic rings. The first-order chi connectivity index (χ1) is 20.1. The molecule has 2 rings (SSSR count). The zero-order chi connectivity index (χ0) is 31.0. The van der Waals surface area contributed by atoms with Crippen LogP contribution in [0.5, 0.6) is 5.75 Å². The molecule has 0 fully saturated rings. The van der Waals surface area contributed by atoms with Gasteiger partial charge in [-0.3, -0.25) is 4.79 Å². The largest absolute Gasteiger partial charge is 0.497 e. The fourth-order valence-electron chi connectivity index (χ4n) is 4.72. The number of amides is 1. The Balaban J connectivity index is 2.26. The van der Waals surface area contributed by atoms with Gasteiger partial charge in [-0.15, -0.1) is 0 Å². The first-order valence-electron chi connectivity index (χ1n) is 14.5. The van der Waals surface area contributed by atoms with Crippen molar-refractivity contribution in [3.05, 3.63) is 65.7 Å². The molecule has 1 unspecified atom stereocenters. The van der Waals surface area contributed by atoms with Crippen molar-refractivity contribution in [1.82, 2.24) is 10.6 Å². The van der Waals surface area contributed by atoms with Crippen molar-refractivity contribution in [3.8, 4) is 5.75 Å². The number of nitrogens with two attached hydrogens (primary N) is 1. The van der Waals surface area contributed by atoms with E-state index in [-0.39, 0.29) is 12.3 Å². The monoisotopic (exact) mass is 621 g/mol. The van der Waals surface area contributed by atoms with Gasteiger partial charge in [-0.1, -0.05) is 69.2 Å². The molecule has 0 aliphatic heterocycles. The second-order valence-electron chi connectivity index (χ2n) is 10.4. The minimum Gasteiger partial charge on any atom is -0.497 e. The van der Waals surface area contributed by atoms with Gasteiger partial charge in [-0.25, -0.2) is 13.2 Å². The van der Waals surface area contributed by atoms with Crippen molar-refractivity contribution in [2.24, 2.45) is 5.73 Å². The van der Waals surface area contributed by atoms with E-state index in [0.29, 0.717) is 38.6 Å². The summed E-state index contributed by atoms with van der Waals surface area (Å²) in [6.45, 7) is 4.56. The Labute approximate surface area is 255 Å². The second kappa shape index (κ2) is 18.8. The fraction of sp³-hybridized carbons (Fsp3) is 0.548. The zero-order valence-corrected chi connectivity index (χ0v) is 26.8. The first-order valence-corrected chi connectivity index (χ1v) is 17.6. The Morgan fingerprint density at radius 3 is 2.29 bits per heavy atom. The smallest absolute Gasteiger partial charge is 0.330 e. The van der Waals surface area contributed by atoms with Crippen molar-refractivity contribution >= 4 is 33.5 Å². The maximum atomic E-state index is 13.6. The molecule has 11 heteroatoms. The van der Waals surface area contributed by atoms with Crippen LogP contribution in [0.15, 0.2) is 54.6 Å². The molecule has 2 aromatic carbocycles. The minimum absolute atomic E-state index is 0.0935. The van der Waals surface area contributed by atoms with Crippen molar-refractivity contribution < 1.29 is 27.5 Å². The minimum atomic E-state index is -3.70. The summed E-state index contributed by atoms with van der Waals surface area (Å²) in [5.41, 5.74) is 8.54. The van der Waals surface area contributed by atoms with E-state index in [9.17, 15) is 18.0 Å². The Morgan fingerprint density at radius 2 is 1.67 bits per heavy atom. The molecule has 234 valence electrons. The summed E-state index contributed by atoms with van der Waals surface area (Å²) >= 11 is 1.28. The van der Waals surface area contributed by atoms with Gasteiger partial charge in [0.05, 0.1) is 23.9 Å². The Morgan fingerprint density at radius 1 is 1.00 bits per heavy atom. The zero-order valence-electron chi connectivity index (χ0n) is 25.2. The Hall–Kier alpha value is -2.60. The van der Waals surface area contributed by atoms with Gasteiger partial charge < -0.3 is 25.8 Å². The molecule has 42 heavy (non-hydrogen) atoms. The number of esters is 1. The summed E-state index contributed by atoms with van der Waals surface area (Å²) in [6, 6.07) is 15.3. The number of sulfone groups is 1. The molecule has 0 bridgehead atoms. The highest BCUT2D eigenvalue weighted by Crippen LogP contribution is 2.18. The van der Waals surface area contributed by atoms with Crippen LogP contribution in [0.3, 0.4) is 0 Å². The molecule has 0 aliphatic carbocycles. The molecule has 0 aromatic heterocycles. The van der Waals surface area contributed by atoms with Crippen molar-refractivity contribution in [3.63, 3.8) is 0 Å². The number of methoxy groups -OCH3 is 1. The standard InChI is InChI=1S/C31H47N3O6S2/c1-5-11-26(12-6-2)42(37,38)22-28(34-30(35)21-41-4)31(36)40-29(27(32)18-23-13-8-7-9-14-23)20-33-19-24-15-10-16-25(17-24)39-3/h7-10,13-17,26-29,33H,5-6,11-12,18-22,32H2,1-4H3,(H,34,35)/t27-,28?,29+/m0/s1. The van der Waals surface area contributed by atoms with Gasteiger partial charge in [-0.05, 0) is 48.8 Å². The second-order valence-corrected chi connectivity index (χ2v) is 13.6. The number of carbonyl (C=O) groups excluding carboxylic acids is 2. The van der Waals surface area contributed by atoms with Crippen LogP contribution >= 0.6 is 11.8 Å². The lowest BCUT2D eigenvalue weighted by Gasteiger charge is -2.28. The summed E-state index contributed by atoms with van der Waals surface area (Å²) in [4.78, 5) is 26.1. The van der Waals surface area contributed by atoms with E-state index in [2.05, 4.69) is 10.6 Å². The van der Waals surface area contributed by atoms with Crippen LogP contribution in [0.1, 0.15) is 50.7 Å². The fourth-order valence-corrected chi connectivity index (χ4v) is 7.21. The van der Waals surface area contributed by atoms with E-state index in [4.69, 9.17) is 15.2 Å². The molecule has 3 atom stereocenters. The van der Waals surface area contributed by atoms with Crippen LogP contribution in [0, 0.1) is 0 Å². The van der Waals surface area contributed by atoms with Gasteiger partial charge >= 0.3 is 5.97 Å². The molecular weight excluding hydrogens is 574 g/mol. The molecule has 0 radical (unpaired) electrons. The van der Waals surface area contributed by atoms with Crippen LogP contribution in [0.2, 0.25) is 0 Å². The molecule has 4 N–H and O–H groups in total. The quantitative estimate of drug-likeness (QED) is 0.190. The molecule has 0 saturated carbocycles. The highest BCUT2D eigenvalue weighted by molar-refractivity contribution is 7.99. The third-order valence-electron chi connectivity index (χ3n) is 6.89. The van der Waals surface area contributed by atoms with Crippen molar-refractivity contribution in [1.29, 1.82) is 0 Å². The Kier molecular flexibility index (Phi) is 16.0. The average Bonchev–Trinajstić information content (AvgIpc) is 2.96. The van der Waals surface area contributed by atoms with Crippen LogP contribution in [0.4, 0.5) is 0 Å². The maximum absolute atomic E-state index is 13.6. The third-order valence-corrected chi connectivity index (χ3v) is 9.73. The number of rotatable bonds is 20. The lowest BCUT2D eigenvalue weighted by molar-refractivity contribution is -0.153. The summed E-state index contributed by atoms with van der Waals surface area (Å²) in [5.74, 6) is -0.933. The van der Waals surface area contributed by atoms with E-state index >= 15 is 0 Å². The molecule has 0 saturated heterocycles. The SMILES string of the molecule is CCCC(CCC)S(=O)(=O)CC(NC(=O)CSC)C(=O)O[C@H](CNCc1cccc(OC)c1)[C@@H](N)Cc1ccccc1. The van der Waals surface area contributed by atoms with E-state index in [1.54, 1.807) is 13.4 Å². The number of nitrogens with one attached hydrogen (secondary N) is 2. The van der Waals surface area contributed by atoms with Crippen molar-refractivity contribution in [2.45, 2.75) is 75.9 Å². The lowest BCUT2D eigenvalue weighted by atomic mass is 10.0. The van der Waals surface area contributed by atoms with E-state index in [1.807, 2.05) is 68.4 Å². The maximum Gasteiger partial charge on any atom is 0.330 e. The number of ether oxygens (including phenoxy) is 2. The normalized spacial score (nSPS) is 13.8. The van der Waals surface area contributed by atoms with Crippen LogP contribution < -0.4 is 21.1 Å². The van der Waals surface area contributed by atoms with Gasteiger partial charge in [0, 0.05) is 19.1 Å². The number of hydrogen-bond donors (Lipinski definition) is 3. The number of benzene rings is 2. The summed E-state index contributed by atoms with van der Waals surface area (Å²) < 4.78 is 38.0. The predicted molar refractivity (Wildman–Crippen MR) is 170 cm³/mol. The molecule has 0 spiro atoms. The highest BCUT2D eigenvalue weighted by atomic mass is 32.2. The van der Waals surface area contributed by atoms with Crippen LogP contribution in [-0.2, 0) is 37.1 Å². The summed E-state index contributed by atoms with van der Waals surface area (Å²) in [6.07, 6.45) is 3.81. The van der Waals surface area contributed by atoms with Gasteiger partial charge in [0.2, 0.25) is 5.91 Å². The number of carbonyl (C=O) groups is 2. The van der Waals surface area contributed by atoms with Gasteiger partial charge in [-0.2, -0.15) is 11.8 Å². The summed E-state index contributed by atoms with van der Waals surface area (Å²) in [7, 11) is -2.09. The van der Waals surface area contributed by atoms with Crippen LogP contribution in [-0.4, -0.2) is 75.1 Å². The van der Waals surface area contributed by atoms with Gasteiger partial charge in [0.25, 0.3) is 0 Å². The summed E-state index contributed by atoms with van der Waals surface area (Å²) in [5, 5.41) is 5.33. The van der Waals surface area contributed by atoms with E-state index in [0.717, 1.165) is 16.9 Å². The molecular formula is C31H47N3O6S2. The van der Waals surface area contributed by atoms with E-state index < -0.39 is 50.9 Å². The predicted octanol–water partition coefficient (Wildman–Crippen LogP) is 3.50. The molecule has 0 aliphatic rings. The van der Waals surface area contributed by atoms with Crippen molar-refractivity contribution in [2.75, 3.05) is 31.4 Å². The molecule has 9 nitrogen and oxygen atoms in total. The van der Waals surface area contributed by atoms with Gasteiger partial charge in [0.1, 0.15) is 17.9 Å². The molecule has 1 amide bonds. The average molecular weight is 622 g/mol. The Bertz CT molecular complexity index is 1190. The topological polar surface area (TPSA) is 137 Å². The highest BCUT2D eigenvalue weighted by Gasteiger charge is 2.35. The van der Waals surface area contributed by atoms with Gasteiger partial charge in [0.15, 0.2) is 9.84 Å². The first kappa shape index (κ1) is 35.6.